The van der Waals surface area contributed by atoms with E-state index in [-0.39, 0.29) is 30.4 Å². The molecular formula is C14H27N3O3. The van der Waals surface area contributed by atoms with Crippen LogP contribution in [0.1, 0.15) is 32.6 Å². The van der Waals surface area contributed by atoms with E-state index < -0.39 is 0 Å². The number of rotatable bonds is 7. The van der Waals surface area contributed by atoms with Crippen LogP contribution in [0.5, 0.6) is 0 Å². The number of carbonyl (C=O) groups is 2. The SMILES string of the molecule is COCC(=O)NC1CCN(C(=O)C(C)CCCN)CC1. The van der Waals surface area contributed by atoms with E-state index in [4.69, 9.17) is 10.5 Å². The number of carbonyl (C=O) groups excluding carboxylic acids is 2. The van der Waals surface area contributed by atoms with Crippen LogP contribution in [0.15, 0.2) is 0 Å². The van der Waals surface area contributed by atoms with Gasteiger partial charge in [0, 0.05) is 32.2 Å². The van der Waals surface area contributed by atoms with Crippen LogP contribution in [0.2, 0.25) is 0 Å². The molecule has 0 aliphatic carbocycles. The summed E-state index contributed by atoms with van der Waals surface area (Å²) in [7, 11) is 1.50. The highest BCUT2D eigenvalue weighted by Gasteiger charge is 2.26. The second-order valence-electron chi connectivity index (χ2n) is 5.43. The van der Waals surface area contributed by atoms with Gasteiger partial charge >= 0.3 is 0 Å². The third kappa shape index (κ3) is 5.46. The van der Waals surface area contributed by atoms with Gasteiger partial charge in [-0.3, -0.25) is 9.59 Å². The summed E-state index contributed by atoms with van der Waals surface area (Å²) in [5.41, 5.74) is 5.47. The van der Waals surface area contributed by atoms with E-state index in [2.05, 4.69) is 5.32 Å². The molecule has 0 aromatic rings. The van der Waals surface area contributed by atoms with Gasteiger partial charge in [-0.15, -0.1) is 0 Å². The third-order valence-corrected chi connectivity index (χ3v) is 3.71. The summed E-state index contributed by atoms with van der Waals surface area (Å²) in [5, 5.41) is 2.92. The summed E-state index contributed by atoms with van der Waals surface area (Å²) >= 11 is 0. The minimum Gasteiger partial charge on any atom is -0.375 e. The highest BCUT2D eigenvalue weighted by atomic mass is 16.5. The Bertz CT molecular complexity index is 315. The molecule has 3 N–H and O–H groups in total. The van der Waals surface area contributed by atoms with Crippen LogP contribution >= 0.6 is 0 Å². The zero-order valence-electron chi connectivity index (χ0n) is 12.6. The van der Waals surface area contributed by atoms with Crippen molar-refractivity contribution in [1.82, 2.24) is 10.2 Å². The second kappa shape index (κ2) is 8.92. The molecule has 2 amide bonds. The summed E-state index contributed by atoms with van der Waals surface area (Å²) in [6.07, 6.45) is 3.35. The van der Waals surface area contributed by atoms with Gasteiger partial charge in [0.15, 0.2) is 0 Å². The minimum absolute atomic E-state index is 0.0400. The van der Waals surface area contributed by atoms with Gasteiger partial charge in [-0.2, -0.15) is 0 Å². The van der Waals surface area contributed by atoms with Gasteiger partial charge in [-0.1, -0.05) is 6.92 Å². The summed E-state index contributed by atoms with van der Waals surface area (Å²) < 4.78 is 4.79. The van der Waals surface area contributed by atoms with Gasteiger partial charge in [0.05, 0.1) is 0 Å². The molecule has 1 atom stereocenters. The van der Waals surface area contributed by atoms with E-state index in [0.29, 0.717) is 19.6 Å². The lowest BCUT2D eigenvalue weighted by Crippen LogP contribution is -2.48. The largest absolute Gasteiger partial charge is 0.375 e. The number of hydrogen-bond donors (Lipinski definition) is 2. The first-order valence-electron chi connectivity index (χ1n) is 7.35. The maximum Gasteiger partial charge on any atom is 0.246 e. The zero-order chi connectivity index (χ0) is 15.0. The summed E-state index contributed by atoms with van der Waals surface area (Å²) in [6, 6.07) is 0.154. The van der Waals surface area contributed by atoms with E-state index in [1.165, 1.54) is 7.11 Å². The molecule has 6 nitrogen and oxygen atoms in total. The smallest absolute Gasteiger partial charge is 0.246 e. The Balaban J connectivity index is 2.30. The Kier molecular flexibility index (Phi) is 7.54. The molecule has 0 aromatic heterocycles. The lowest BCUT2D eigenvalue weighted by atomic mass is 10.00. The number of hydrogen-bond acceptors (Lipinski definition) is 4. The average molecular weight is 285 g/mol. The first-order valence-corrected chi connectivity index (χ1v) is 7.35. The van der Waals surface area contributed by atoms with E-state index in [0.717, 1.165) is 25.7 Å². The molecule has 6 heteroatoms. The van der Waals surface area contributed by atoms with Crippen molar-refractivity contribution in [3.8, 4) is 0 Å². The fourth-order valence-electron chi connectivity index (χ4n) is 2.50. The van der Waals surface area contributed by atoms with E-state index in [1.54, 1.807) is 0 Å². The normalized spacial score (nSPS) is 17.9. The van der Waals surface area contributed by atoms with Crippen LogP contribution in [0.3, 0.4) is 0 Å². The Morgan fingerprint density at radius 2 is 2.05 bits per heavy atom. The van der Waals surface area contributed by atoms with Crippen molar-refractivity contribution in [2.75, 3.05) is 33.4 Å². The monoisotopic (exact) mass is 285 g/mol. The molecule has 20 heavy (non-hydrogen) atoms. The van der Waals surface area contributed by atoms with E-state index >= 15 is 0 Å². The van der Waals surface area contributed by atoms with Crippen LogP contribution in [-0.2, 0) is 14.3 Å². The van der Waals surface area contributed by atoms with Gasteiger partial charge in [-0.25, -0.2) is 0 Å². The second-order valence-corrected chi connectivity index (χ2v) is 5.43. The average Bonchev–Trinajstić information content (AvgIpc) is 2.45. The van der Waals surface area contributed by atoms with Crippen LogP contribution in [0.25, 0.3) is 0 Å². The van der Waals surface area contributed by atoms with Crippen molar-refractivity contribution in [2.45, 2.75) is 38.6 Å². The summed E-state index contributed by atoms with van der Waals surface area (Å²) in [4.78, 5) is 25.5. The standard InChI is InChI=1S/C14H27N3O3/c1-11(4-3-7-15)14(19)17-8-5-12(6-9-17)16-13(18)10-20-2/h11-12H,3-10,15H2,1-2H3,(H,16,18). The molecule has 1 heterocycles. The lowest BCUT2D eigenvalue weighted by Gasteiger charge is -2.34. The topological polar surface area (TPSA) is 84.7 Å². The first kappa shape index (κ1) is 16.9. The Morgan fingerprint density at radius 1 is 1.40 bits per heavy atom. The predicted molar refractivity (Wildman–Crippen MR) is 77.1 cm³/mol. The van der Waals surface area contributed by atoms with Crippen LogP contribution in [0.4, 0.5) is 0 Å². The summed E-state index contributed by atoms with van der Waals surface area (Å²) in [5.74, 6) is 0.159. The summed E-state index contributed by atoms with van der Waals surface area (Å²) in [6.45, 7) is 4.11. The molecule has 1 aliphatic rings. The number of likely N-dealkylation sites (tertiary alicyclic amines) is 1. The molecule has 0 aromatic carbocycles. The maximum absolute atomic E-state index is 12.2. The molecule has 1 saturated heterocycles. The van der Waals surface area contributed by atoms with E-state index in [9.17, 15) is 9.59 Å². The molecule has 0 saturated carbocycles. The highest BCUT2D eigenvalue weighted by Crippen LogP contribution is 2.15. The number of methoxy groups -OCH3 is 1. The molecule has 116 valence electrons. The number of nitrogens with zero attached hydrogens (tertiary/aromatic N) is 1. The van der Waals surface area contributed by atoms with Gasteiger partial charge in [0.1, 0.15) is 6.61 Å². The predicted octanol–water partition coefficient (Wildman–Crippen LogP) is 0.115. The third-order valence-electron chi connectivity index (χ3n) is 3.71. The molecule has 1 unspecified atom stereocenters. The molecule has 1 fully saturated rings. The number of nitrogens with one attached hydrogen (secondary N) is 1. The number of ether oxygens (including phenoxy) is 1. The van der Waals surface area contributed by atoms with Crippen molar-refractivity contribution in [2.24, 2.45) is 11.7 Å². The van der Waals surface area contributed by atoms with Crippen molar-refractivity contribution in [1.29, 1.82) is 0 Å². The van der Waals surface area contributed by atoms with Crippen molar-refractivity contribution in [3.63, 3.8) is 0 Å². The van der Waals surface area contributed by atoms with Gasteiger partial charge in [0.25, 0.3) is 0 Å². The lowest BCUT2D eigenvalue weighted by molar-refractivity contribution is -0.136. The minimum atomic E-state index is -0.0893. The molecule has 0 spiro atoms. The van der Waals surface area contributed by atoms with Crippen molar-refractivity contribution in [3.05, 3.63) is 0 Å². The van der Waals surface area contributed by atoms with Crippen LogP contribution < -0.4 is 11.1 Å². The van der Waals surface area contributed by atoms with Gasteiger partial charge < -0.3 is 20.7 Å². The highest BCUT2D eigenvalue weighted by molar-refractivity contribution is 5.79. The Labute approximate surface area is 121 Å². The Hall–Kier alpha value is -1.14. The quantitative estimate of drug-likeness (QED) is 0.695. The van der Waals surface area contributed by atoms with E-state index in [1.807, 2.05) is 11.8 Å². The van der Waals surface area contributed by atoms with Gasteiger partial charge in [-0.05, 0) is 32.2 Å². The van der Waals surface area contributed by atoms with Crippen LogP contribution in [-0.4, -0.2) is 56.1 Å². The Morgan fingerprint density at radius 3 is 2.60 bits per heavy atom. The molecule has 1 rings (SSSR count). The first-order chi connectivity index (χ1) is 9.58. The molecular weight excluding hydrogens is 258 g/mol. The molecule has 1 aliphatic heterocycles. The maximum atomic E-state index is 12.2. The fraction of sp³-hybridized carbons (Fsp3) is 0.857. The molecule has 0 radical (unpaired) electrons. The fourth-order valence-corrected chi connectivity index (χ4v) is 2.50. The number of piperidine rings is 1. The zero-order valence-corrected chi connectivity index (χ0v) is 12.6. The van der Waals surface area contributed by atoms with Crippen molar-refractivity contribution < 1.29 is 14.3 Å². The van der Waals surface area contributed by atoms with Crippen molar-refractivity contribution >= 4 is 11.8 Å². The molecule has 0 bridgehead atoms. The van der Waals surface area contributed by atoms with Gasteiger partial charge in [0.2, 0.25) is 11.8 Å². The number of nitrogens with two attached hydrogens (primary N) is 1. The van der Waals surface area contributed by atoms with Crippen LogP contribution in [0, 0.1) is 5.92 Å². The number of amides is 2.